The Kier molecular flexibility index (Phi) is 5.66. The molecule has 0 saturated carbocycles. The van der Waals surface area contributed by atoms with Gasteiger partial charge in [-0.15, -0.1) is 0 Å². The molecule has 1 aromatic rings. The number of hydrogen-bond donors (Lipinski definition) is 1. The van der Waals surface area contributed by atoms with Crippen LogP contribution in [-0.4, -0.2) is 80.6 Å². The van der Waals surface area contributed by atoms with E-state index in [1.807, 2.05) is 6.07 Å². The van der Waals surface area contributed by atoms with Gasteiger partial charge in [0.15, 0.2) is 0 Å². The lowest BCUT2D eigenvalue weighted by atomic mass is 10.4. The highest BCUT2D eigenvalue weighted by atomic mass is 35.5. The third kappa shape index (κ3) is 4.42. The van der Waals surface area contributed by atoms with E-state index in [2.05, 4.69) is 25.1 Å². The summed E-state index contributed by atoms with van der Waals surface area (Å²) < 4.78 is 10.7. The van der Waals surface area contributed by atoms with Crippen molar-refractivity contribution in [3.8, 4) is 0 Å². The van der Waals surface area contributed by atoms with Crippen molar-refractivity contribution in [2.45, 2.75) is 0 Å². The molecule has 3 heterocycles. The van der Waals surface area contributed by atoms with Gasteiger partial charge in [0.25, 0.3) is 0 Å². The molecule has 0 radical (unpaired) electrons. The minimum absolute atomic E-state index is 0.276. The monoisotopic (exact) mass is 327 g/mol. The summed E-state index contributed by atoms with van der Waals surface area (Å²) in [6, 6.07) is 1.95. The van der Waals surface area contributed by atoms with Crippen LogP contribution < -0.4 is 10.2 Å². The Morgan fingerprint density at radius 2 is 1.73 bits per heavy atom. The molecule has 0 amide bonds. The Hall–Kier alpha value is -1.15. The molecule has 1 aromatic heterocycles. The third-order valence-corrected chi connectivity index (χ3v) is 4.03. The van der Waals surface area contributed by atoms with Crippen molar-refractivity contribution in [3.63, 3.8) is 0 Å². The molecule has 122 valence electrons. The van der Waals surface area contributed by atoms with Crippen molar-refractivity contribution >= 4 is 23.2 Å². The van der Waals surface area contributed by atoms with Crippen molar-refractivity contribution < 1.29 is 9.47 Å². The van der Waals surface area contributed by atoms with Gasteiger partial charge in [-0.2, -0.15) is 0 Å². The molecular weight excluding hydrogens is 306 g/mol. The molecule has 7 nitrogen and oxygen atoms in total. The summed E-state index contributed by atoms with van der Waals surface area (Å²) in [5, 5.41) is 3.61. The molecule has 8 heteroatoms. The van der Waals surface area contributed by atoms with E-state index in [-0.39, 0.29) is 5.28 Å². The number of rotatable bonds is 5. The Bertz CT molecular complexity index is 478. The maximum atomic E-state index is 6.05. The predicted molar refractivity (Wildman–Crippen MR) is 85.8 cm³/mol. The van der Waals surface area contributed by atoms with Crippen molar-refractivity contribution in [3.05, 3.63) is 11.3 Å². The molecule has 2 fully saturated rings. The minimum Gasteiger partial charge on any atom is -0.379 e. The zero-order chi connectivity index (χ0) is 15.2. The quantitative estimate of drug-likeness (QED) is 0.799. The molecule has 0 aromatic carbocycles. The molecule has 2 saturated heterocycles. The summed E-state index contributed by atoms with van der Waals surface area (Å²) in [5.74, 6) is 1.63. The second-order valence-electron chi connectivity index (χ2n) is 5.36. The highest BCUT2D eigenvalue weighted by molar-refractivity contribution is 6.28. The van der Waals surface area contributed by atoms with Gasteiger partial charge in [0, 0.05) is 45.3 Å². The normalized spacial score (nSPS) is 20.1. The number of nitrogens with one attached hydrogen (secondary N) is 1. The lowest BCUT2D eigenvalue weighted by Gasteiger charge is -2.28. The fraction of sp³-hybridized carbons (Fsp3) is 0.714. The van der Waals surface area contributed by atoms with Crippen LogP contribution in [0.4, 0.5) is 11.6 Å². The lowest BCUT2D eigenvalue weighted by Crippen LogP contribution is -2.39. The number of aromatic nitrogens is 2. The van der Waals surface area contributed by atoms with Gasteiger partial charge in [0.05, 0.1) is 26.4 Å². The number of ether oxygens (including phenoxy) is 2. The van der Waals surface area contributed by atoms with Gasteiger partial charge in [-0.1, -0.05) is 0 Å². The smallest absolute Gasteiger partial charge is 0.226 e. The van der Waals surface area contributed by atoms with Gasteiger partial charge in [-0.3, -0.25) is 4.90 Å². The van der Waals surface area contributed by atoms with E-state index in [9.17, 15) is 0 Å². The maximum absolute atomic E-state index is 6.05. The van der Waals surface area contributed by atoms with Gasteiger partial charge < -0.3 is 19.7 Å². The van der Waals surface area contributed by atoms with Crippen LogP contribution in [0.5, 0.6) is 0 Å². The number of halogens is 1. The predicted octanol–water partition coefficient (Wildman–Crippen LogP) is 0.711. The summed E-state index contributed by atoms with van der Waals surface area (Å²) in [6.07, 6.45) is 0. The van der Waals surface area contributed by atoms with E-state index in [0.717, 1.165) is 77.3 Å². The molecule has 3 rings (SSSR count). The van der Waals surface area contributed by atoms with E-state index in [1.165, 1.54) is 0 Å². The number of anilines is 2. The molecule has 0 atom stereocenters. The summed E-state index contributed by atoms with van der Waals surface area (Å²) in [7, 11) is 0. The topological polar surface area (TPSA) is 62.8 Å². The first-order valence-electron chi connectivity index (χ1n) is 7.72. The van der Waals surface area contributed by atoms with Crippen molar-refractivity contribution in [1.82, 2.24) is 14.9 Å². The Labute approximate surface area is 135 Å². The van der Waals surface area contributed by atoms with Crippen LogP contribution in [0.1, 0.15) is 0 Å². The van der Waals surface area contributed by atoms with Crippen LogP contribution in [0.3, 0.4) is 0 Å². The molecule has 2 aliphatic heterocycles. The first kappa shape index (κ1) is 15.7. The van der Waals surface area contributed by atoms with Gasteiger partial charge in [0.2, 0.25) is 5.28 Å². The summed E-state index contributed by atoms with van der Waals surface area (Å²) in [5.41, 5.74) is 0. The zero-order valence-corrected chi connectivity index (χ0v) is 13.4. The first-order valence-corrected chi connectivity index (χ1v) is 8.10. The third-order valence-electron chi connectivity index (χ3n) is 3.86. The van der Waals surface area contributed by atoms with Gasteiger partial charge in [-0.25, -0.2) is 9.97 Å². The zero-order valence-electron chi connectivity index (χ0n) is 12.6. The Morgan fingerprint density at radius 1 is 1.05 bits per heavy atom. The summed E-state index contributed by atoms with van der Waals surface area (Å²) in [4.78, 5) is 13.1. The first-order chi connectivity index (χ1) is 10.8. The standard InChI is InChI=1S/C14H22ClN5O2/c15-14-17-12(16-1-2-19-3-7-21-8-4-19)11-13(18-14)20-5-9-22-10-6-20/h11H,1-10H2,(H,16,17,18). The molecule has 22 heavy (non-hydrogen) atoms. The van der Waals surface area contributed by atoms with Gasteiger partial charge >= 0.3 is 0 Å². The number of morpholine rings is 2. The van der Waals surface area contributed by atoms with E-state index in [4.69, 9.17) is 21.1 Å². The van der Waals surface area contributed by atoms with Crippen molar-refractivity contribution in [2.75, 3.05) is 75.9 Å². The van der Waals surface area contributed by atoms with Gasteiger partial charge in [0.1, 0.15) is 11.6 Å². The van der Waals surface area contributed by atoms with Crippen molar-refractivity contribution in [2.24, 2.45) is 0 Å². The summed E-state index contributed by atoms with van der Waals surface area (Å²) >= 11 is 6.05. The minimum atomic E-state index is 0.276. The SMILES string of the molecule is Clc1nc(NCCN2CCOCC2)cc(N2CCOCC2)n1. The molecule has 0 aliphatic carbocycles. The fourth-order valence-corrected chi connectivity index (χ4v) is 2.80. The molecule has 0 bridgehead atoms. The second-order valence-corrected chi connectivity index (χ2v) is 5.70. The van der Waals surface area contributed by atoms with Crippen LogP contribution in [-0.2, 0) is 9.47 Å². The molecule has 0 unspecified atom stereocenters. The molecule has 1 N–H and O–H groups in total. The average Bonchev–Trinajstić information content (AvgIpc) is 2.56. The lowest BCUT2D eigenvalue weighted by molar-refractivity contribution is 0.0398. The largest absolute Gasteiger partial charge is 0.379 e. The second kappa shape index (κ2) is 7.92. The van der Waals surface area contributed by atoms with Crippen molar-refractivity contribution in [1.29, 1.82) is 0 Å². The van der Waals surface area contributed by atoms with Crippen LogP contribution in [0.15, 0.2) is 6.07 Å². The Morgan fingerprint density at radius 3 is 2.45 bits per heavy atom. The van der Waals surface area contributed by atoms with Crippen LogP contribution >= 0.6 is 11.6 Å². The molecule has 2 aliphatic rings. The van der Waals surface area contributed by atoms with E-state index < -0.39 is 0 Å². The highest BCUT2D eigenvalue weighted by Gasteiger charge is 2.15. The van der Waals surface area contributed by atoms with E-state index in [1.54, 1.807) is 0 Å². The summed E-state index contributed by atoms with van der Waals surface area (Å²) in [6.45, 7) is 8.54. The van der Waals surface area contributed by atoms with Crippen LogP contribution in [0.25, 0.3) is 0 Å². The number of nitrogens with zero attached hydrogens (tertiary/aromatic N) is 4. The highest BCUT2D eigenvalue weighted by Crippen LogP contribution is 2.19. The maximum Gasteiger partial charge on any atom is 0.226 e. The fourth-order valence-electron chi connectivity index (χ4n) is 2.62. The van der Waals surface area contributed by atoms with E-state index >= 15 is 0 Å². The molecule has 0 spiro atoms. The van der Waals surface area contributed by atoms with E-state index in [0.29, 0.717) is 0 Å². The average molecular weight is 328 g/mol. The molecular formula is C14H22ClN5O2. The van der Waals surface area contributed by atoms with Crippen LogP contribution in [0, 0.1) is 0 Å². The Balaban J connectivity index is 1.54. The van der Waals surface area contributed by atoms with Crippen LogP contribution in [0.2, 0.25) is 5.28 Å². The number of hydrogen-bond acceptors (Lipinski definition) is 7. The van der Waals surface area contributed by atoms with Gasteiger partial charge in [-0.05, 0) is 11.6 Å².